The van der Waals surface area contributed by atoms with Crippen molar-refractivity contribution in [3.05, 3.63) is 77.7 Å². The number of para-hydroxylation sites is 2. The maximum atomic E-state index is 13.0. The lowest BCUT2D eigenvalue weighted by Gasteiger charge is -2.14. The molecule has 0 fully saturated rings. The van der Waals surface area contributed by atoms with E-state index in [1.807, 2.05) is 37.3 Å². The Hall–Kier alpha value is -3.39. The molecule has 2 heterocycles. The van der Waals surface area contributed by atoms with Gasteiger partial charge in [0, 0.05) is 0 Å². The van der Waals surface area contributed by atoms with Crippen LogP contribution in [0.2, 0.25) is 0 Å². The van der Waals surface area contributed by atoms with E-state index in [4.69, 9.17) is 4.42 Å². The molecule has 0 spiro atoms. The lowest BCUT2D eigenvalue weighted by atomic mass is 10.2. The number of hydrogen-bond acceptors (Lipinski definition) is 6. The van der Waals surface area contributed by atoms with Crippen molar-refractivity contribution in [2.45, 2.75) is 25.3 Å². The molecule has 8 heteroatoms. The summed E-state index contributed by atoms with van der Waals surface area (Å²) in [7, 11) is -3.84. The van der Waals surface area contributed by atoms with Crippen LogP contribution < -0.4 is 10.0 Å². The van der Waals surface area contributed by atoms with Gasteiger partial charge in [-0.15, -0.1) is 0 Å². The summed E-state index contributed by atoms with van der Waals surface area (Å²) in [5.74, 6) is 1.16. The first-order chi connectivity index (χ1) is 13.9. The van der Waals surface area contributed by atoms with Crippen LogP contribution in [0.15, 0.2) is 70.2 Å². The normalized spacial score (nSPS) is 11.5. The Kier molecular flexibility index (Phi) is 4.94. The first kappa shape index (κ1) is 18.9. The Labute approximate surface area is 168 Å². The van der Waals surface area contributed by atoms with Crippen molar-refractivity contribution in [2.24, 2.45) is 0 Å². The molecular formula is C21H20N4O3S. The van der Waals surface area contributed by atoms with Gasteiger partial charge in [0.25, 0.3) is 10.0 Å². The SMILES string of the molecule is Cc1ccc(S(=O)(=O)Nc2nc3ccccc3nc2NCc2ccco2)c(C)c1. The molecule has 0 aliphatic carbocycles. The monoisotopic (exact) mass is 408 g/mol. The van der Waals surface area contributed by atoms with Gasteiger partial charge in [-0.05, 0) is 49.7 Å². The Balaban J connectivity index is 1.73. The summed E-state index contributed by atoms with van der Waals surface area (Å²) in [6.07, 6.45) is 1.58. The number of sulfonamides is 1. The van der Waals surface area contributed by atoms with E-state index in [0.29, 0.717) is 34.7 Å². The largest absolute Gasteiger partial charge is 0.467 e. The summed E-state index contributed by atoms with van der Waals surface area (Å²) >= 11 is 0. The smallest absolute Gasteiger partial charge is 0.263 e. The first-order valence-electron chi connectivity index (χ1n) is 9.05. The van der Waals surface area contributed by atoms with Crippen molar-refractivity contribution in [3.8, 4) is 0 Å². The molecule has 0 aliphatic rings. The van der Waals surface area contributed by atoms with Gasteiger partial charge in [-0.2, -0.15) is 0 Å². The lowest BCUT2D eigenvalue weighted by Crippen LogP contribution is -2.17. The fourth-order valence-corrected chi connectivity index (χ4v) is 4.30. The van der Waals surface area contributed by atoms with E-state index in [1.165, 1.54) is 0 Å². The van der Waals surface area contributed by atoms with Gasteiger partial charge in [-0.25, -0.2) is 18.4 Å². The van der Waals surface area contributed by atoms with Crippen molar-refractivity contribution in [1.82, 2.24) is 9.97 Å². The average molecular weight is 408 g/mol. The maximum absolute atomic E-state index is 13.0. The fraction of sp³-hybridized carbons (Fsp3) is 0.143. The molecule has 2 aromatic heterocycles. The zero-order valence-corrected chi connectivity index (χ0v) is 16.8. The van der Waals surface area contributed by atoms with Crippen molar-refractivity contribution in [1.29, 1.82) is 0 Å². The van der Waals surface area contributed by atoms with Crippen LogP contribution in [-0.4, -0.2) is 18.4 Å². The number of hydrogen-bond donors (Lipinski definition) is 2. The molecule has 0 saturated heterocycles. The van der Waals surface area contributed by atoms with E-state index in [9.17, 15) is 8.42 Å². The topological polar surface area (TPSA) is 97.1 Å². The van der Waals surface area contributed by atoms with Crippen LogP contribution in [0.1, 0.15) is 16.9 Å². The van der Waals surface area contributed by atoms with Gasteiger partial charge in [0.2, 0.25) is 0 Å². The van der Waals surface area contributed by atoms with Crippen LogP contribution in [0.5, 0.6) is 0 Å². The van der Waals surface area contributed by atoms with Crippen LogP contribution in [0.3, 0.4) is 0 Å². The number of rotatable bonds is 6. The van der Waals surface area contributed by atoms with Crippen molar-refractivity contribution in [3.63, 3.8) is 0 Å². The molecule has 0 radical (unpaired) electrons. The molecule has 0 bridgehead atoms. The highest BCUT2D eigenvalue weighted by molar-refractivity contribution is 7.92. The molecule has 0 aliphatic heterocycles. The molecule has 4 rings (SSSR count). The second-order valence-corrected chi connectivity index (χ2v) is 8.37. The third kappa shape index (κ3) is 4.07. The van der Waals surface area contributed by atoms with E-state index < -0.39 is 10.0 Å². The minimum Gasteiger partial charge on any atom is -0.467 e. The minimum absolute atomic E-state index is 0.134. The van der Waals surface area contributed by atoms with E-state index >= 15 is 0 Å². The summed E-state index contributed by atoms with van der Waals surface area (Å²) in [6.45, 7) is 4.03. The Morgan fingerprint density at radius 3 is 2.31 bits per heavy atom. The molecule has 4 aromatic rings. The highest BCUT2D eigenvalue weighted by atomic mass is 32.2. The molecule has 0 atom stereocenters. The quantitative estimate of drug-likeness (QED) is 0.495. The zero-order valence-electron chi connectivity index (χ0n) is 16.0. The van der Waals surface area contributed by atoms with Gasteiger partial charge in [-0.1, -0.05) is 29.8 Å². The maximum Gasteiger partial charge on any atom is 0.263 e. The van der Waals surface area contributed by atoms with Gasteiger partial charge >= 0.3 is 0 Å². The van der Waals surface area contributed by atoms with Gasteiger partial charge in [0.05, 0.1) is 28.7 Å². The second-order valence-electron chi connectivity index (χ2n) is 6.72. The Morgan fingerprint density at radius 1 is 0.931 bits per heavy atom. The van der Waals surface area contributed by atoms with Gasteiger partial charge in [-0.3, -0.25) is 4.72 Å². The van der Waals surface area contributed by atoms with E-state index in [-0.39, 0.29) is 10.7 Å². The van der Waals surface area contributed by atoms with Crippen molar-refractivity contribution in [2.75, 3.05) is 10.0 Å². The molecule has 7 nitrogen and oxygen atoms in total. The van der Waals surface area contributed by atoms with Crippen molar-refractivity contribution >= 4 is 32.7 Å². The molecule has 2 N–H and O–H groups in total. The number of anilines is 2. The standard InChI is InChI=1S/C21H20N4O3S/c1-14-9-10-19(15(2)12-14)29(26,27)25-21-20(22-13-16-6-5-11-28-16)23-17-7-3-4-8-18(17)24-21/h3-12H,13H2,1-2H3,(H,22,23)(H,24,25). The van der Waals surface area contributed by atoms with Crippen LogP contribution in [-0.2, 0) is 16.6 Å². The Morgan fingerprint density at radius 2 is 1.66 bits per heavy atom. The lowest BCUT2D eigenvalue weighted by molar-refractivity contribution is 0.518. The van der Waals surface area contributed by atoms with Crippen LogP contribution in [0.25, 0.3) is 11.0 Å². The number of nitrogens with one attached hydrogen (secondary N) is 2. The molecule has 0 unspecified atom stereocenters. The molecule has 148 valence electrons. The summed E-state index contributed by atoms with van der Waals surface area (Å²) < 4.78 is 34.0. The van der Waals surface area contributed by atoms with Crippen LogP contribution >= 0.6 is 0 Å². The average Bonchev–Trinajstić information content (AvgIpc) is 3.19. The van der Waals surface area contributed by atoms with Crippen LogP contribution in [0.4, 0.5) is 11.6 Å². The first-order valence-corrected chi connectivity index (χ1v) is 10.5. The highest BCUT2D eigenvalue weighted by Crippen LogP contribution is 2.26. The van der Waals surface area contributed by atoms with Gasteiger partial charge in [0.15, 0.2) is 11.6 Å². The minimum atomic E-state index is -3.84. The van der Waals surface area contributed by atoms with Gasteiger partial charge < -0.3 is 9.73 Å². The summed E-state index contributed by atoms with van der Waals surface area (Å²) in [5.41, 5.74) is 2.90. The fourth-order valence-electron chi connectivity index (χ4n) is 3.06. The Bertz CT molecular complexity index is 1270. The molecule has 0 saturated carbocycles. The zero-order chi connectivity index (χ0) is 20.4. The number of aromatic nitrogens is 2. The molecule has 29 heavy (non-hydrogen) atoms. The third-order valence-corrected chi connectivity index (χ3v) is 5.93. The second kappa shape index (κ2) is 7.56. The van der Waals surface area contributed by atoms with Crippen LogP contribution in [0, 0.1) is 13.8 Å². The number of benzene rings is 2. The number of fused-ring (bicyclic) bond motifs is 1. The summed E-state index contributed by atoms with van der Waals surface area (Å²) in [5, 5.41) is 3.11. The van der Waals surface area contributed by atoms with Gasteiger partial charge in [0.1, 0.15) is 5.76 Å². The molecular weight excluding hydrogens is 388 g/mol. The molecule has 0 amide bonds. The highest BCUT2D eigenvalue weighted by Gasteiger charge is 2.20. The summed E-state index contributed by atoms with van der Waals surface area (Å²) in [4.78, 5) is 9.24. The number of furan rings is 1. The summed E-state index contributed by atoms with van der Waals surface area (Å²) in [6, 6.07) is 16.1. The van der Waals surface area contributed by atoms with E-state index in [2.05, 4.69) is 20.0 Å². The molecule has 2 aromatic carbocycles. The predicted molar refractivity (Wildman–Crippen MR) is 112 cm³/mol. The third-order valence-electron chi connectivity index (χ3n) is 4.43. The number of aryl methyl sites for hydroxylation is 2. The van der Waals surface area contributed by atoms with Crippen molar-refractivity contribution < 1.29 is 12.8 Å². The van der Waals surface area contributed by atoms with E-state index in [1.54, 1.807) is 37.5 Å². The van der Waals surface area contributed by atoms with E-state index in [0.717, 1.165) is 5.56 Å². The predicted octanol–water partition coefficient (Wildman–Crippen LogP) is 4.25. The number of nitrogens with zero attached hydrogens (tertiary/aromatic N) is 2.